The predicted molar refractivity (Wildman–Crippen MR) is 105 cm³/mol. The van der Waals surface area contributed by atoms with Gasteiger partial charge in [0.2, 0.25) is 0 Å². The van der Waals surface area contributed by atoms with Gasteiger partial charge in [-0.15, -0.1) is 10.2 Å². The molecule has 1 aliphatic heterocycles. The van der Waals surface area contributed by atoms with Gasteiger partial charge in [-0.25, -0.2) is 4.98 Å². The topological polar surface area (TPSA) is 68.3 Å². The standard InChI is InChI=1S/C20H17ClN6O/c1-13-18-23-24-19(16-12-25-9-3-2-4-17(25)22-16)27(18)11-10-26(13)20(28)14-5-7-15(21)8-6-14/h2-9,12-13H,10-11H2,1H3. The van der Waals surface area contributed by atoms with Crippen LogP contribution in [-0.4, -0.2) is 41.5 Å². The zero-order chi connectivity index (χ0) is 19.3. The van der Waals surface area contributed by atoms with Crippen LogP contribution >= 0.6 is 11.6 Å². The summed E-state index contributed by atoms with van der Waals surface area (Å²) in [6, 6.07) is 12.6. The van der Waals surface area contributed by atoms with E-state index in [1.807, 2.05) is 46.8 Å². The van der Waals surface area contributed by atoms with E-state index in [0.717, 1.165) is 23.0 Å². The van der Waals surface area contributed by atoms with Crippen LogP contribution in [0.2, 0.25) is 5.02 Å². The van der Waals surface area contributed by atoms with Crippen LogP contribution in [0.25, 0.3) is 17.2 Å². The number of pyridine rings is 1. The van der Waals surface area contributed by atoms with Gasteiger partial charge in [0.15, 0.2) is 11.6 Å². The quantitative estimate of drug-likeness (QED) is 0.524. The minimum atomic E-state index is -0.185. The Kier molecular flexibility index (Phi) is 3.91. The normalized spacial score (nSPS) is 16.4. The number of carbonyl (C=O) groups is 1. The molecule has 0 radical (unpaired) electrons. The van der Waals surface area contributed by atoms with Crippen LogP contribution in [0.1, 0.15) is 29.1 Å². The lowest BCUT2D eigenvalue weighted by Gasteiger charge is -2.33. The zero-order valence-corrected chi connectivity index (χ0v) is 15.9. The lowest BCUT2D eigenvalue weighted by atomic mass is 10.1. The van der Waals surface area contributed by atoms with Gasteiger partial charge in [0.1, 0.15) is 11.3 Å². The largest absolute Gasteiger partial charge is 0.327 e. The Morgan fingerprint density at radius 2 is 1.93 bits per heavy atom. The molecule has 5 rings (SSSR count). The van der Waals surface area contributed by atoms with E-state index < -0.39 is 0 Å². The predicted octanol–water partition coefficient (Wildman–Crippen LogP) is 3.46. The number of carbonyl (C=O) groups excluding carboxylic acids is 1. The number of benzene rings is 1. The third-order valence-corrected chi connectivity index (χ3v) is 5.38. The summed E-state index contributed by atoms with van der Waals surface area (Å²) in [5.74, 6) is 1.46. The number of halogens is 1. The molecule has 0 saturated heterocycles. The molecular formula is C20H17ClN6O. The van der Waals surface area contributed by atoms with Gasteiger partial charge in [0.05, 0.1) is 6.04 Å². The Labute approximate surface area is 166 Å². The maximum absolute atomic E-state index is 12.9. The van der Waals surface area contributed by atoms with E-state index in [9.17, 15) is 4.79 Å². The van der Waals surface area contributed by atoms with Crippen LogP contribution in [0.5, 0.6) is 0 Å². The molecule has 4 aromatic rings. The number of rotatable bonds is 2. The van der Waals surface area contributed by atoms with Gasteiger partial charge in [-0.2, -0.15) is 0 Å². The maximum Gasteiger partial charge on any atom is 0.254 e. The van der Waals surface area contributed by atoms with Gasteiger partial charge >= 0.3 is 0 Å². The minimum Gasteiger partial charge on any atom is -0.327 e. The molecule has 140 valence electrons. The van der Waals surface area contributed by atoms with Crippen LogP contribution in [0.4, 0.5) is 0 Å². The molecule has 1 amide bonds. The first kappa shape index (κ1) is 16.9. The fourth-order valence-electron chi connectivity index (χ4n) is 3.65. The lowest BCUT2D eigenvalue weighted by Crippen LogP contribution is -2.41. The van der Waals surface area contributed by atoms with E-state index in [2.05, 4.69) is 19.7 Å². The average molecular weight is 393 g/mol. The van der Waals surface area contributed by atoms with E-state index in [0.29, 0.717) is 23.7 Å². The number of nitrogens with zero attached hydrogens (tertiary/aromatic N) is 6. The molecule has 7 nitrogen and oxygen atoms in total. The summed E-state index contributed by atoms with van der Waals surface area (Å²) in [6.45, 7) is 3.17. The summed E-state index contributed by atoms with van der Waals surface area (Å²) in [7, 11) is 0. The summed E-state index contributed by atoms with van der Waals surface area (Å²) >= 11 is 5.93. The molecule has 3 aromatic heterocycles. The third kappa shape index (κ3) is 2.66. The number of hydrogen-bond donors (Lipinski definition) is 0. The first-order valence-corrected chi connectivity index (χ1v) is 9.43. The Hall–Kier alpha value is -3.19. The van der Waals surface area contributed by atoms with Crippen LogP contribution in [0, 0.1) is 0 Å². The number of aromatic nitrogens is 5. The van der Waals surface area contributed by atoms with Crippen molar-refractivity contribution in [3.8, 4) is 11.5 Å². The molecule has 0 fully saturated rings. The van der Waals surface area contributed by atoms with Crippen molar-refractivity contribution >= 4 is 23.2 Å². The van der Waals surface area contributed by atoms with Crippen molar-refractivity contribution in [1.82, 2.24) is 29.0 Å². The number of amides is 1. The van der Waals surface area contributed by atoms with Crippen molar-refractivity contribution in [3.05, 3.63) is 71.3 Å². The zero-order valence-electron chi connectivity index (χ0n) is 15.2. The van der Waals surface area contributed by atoms with E-state index in [1.165, 1.54) is 0 Å². The van der Waals surface area contributed by atoms with Crippen molar-refractivity contribution in [1.29, 1.82) is 0 Å². The molecule has 0 bridgehead atoms. The minimum absolute atomic E-state index is 0.0345. The highest BCUT2D eigenvalue weighted by molar-refractivity contribution is 6.30. The van der Waals surface area contributed by atoms with Crippen LogP contribution < -0.4 is 0 Å². The Bertz CT molecular complexity index is 1150. The molecule has 0 N–H and O–H groups in total. The smallest absolute Gasteiger partial charge is 0.254 e. The highest BCUT2D eigenvalue weighted by atomic mass is 35.5. The van der Waals surface area contributed by atoms with Crippen molar-refractivity contribution in [2.24, 2.45) is 0 Å². The van der Waals surface area contributed by atoms with Gasteiger partial charge < -0.3 is 13.9 Å². The van der Waals surface area contributed by atoms with Crippen LogP contribution in [-0.2, 0) is 6.54 Å². The molecular weight excluding hydrogens is 376 g/mol. The Morgan fingerprint density at radius 3 is 2.71 bits per heavy atom. The summed E-state index contributed by atoms with van der Waals surface area (Å²) in [6.07, 6.45) is 3.90. The van der Waals surface area contributed by atoms with Crippen molar-refractivity contribution in [2.75, 3.05) is 6.54 Å². The fourth-order valence-corrected chi connectivity index (χ4v) is 3.78. The van der Waals surface area contributed by atoms with Gasteiger partial charge in [0, 0.05) is 36.1 Å². The second-order valence-corrected chi connectivity index (χ2v) is 7.24. The Morgan fingerprint density at radius 1 is 1.11 bits per heavy atom. The molecule has 1 atom stereocenters. The molecule has 0 spiro atoms. The maximum atomic E-state index is 12.9. The SMILES string of the molecule is CC1c2nnc(-c3cn4ccccc4n3)n2CCN1C(=O)c1ccc(Cl)cc1. The number of fused-ring (bicyclic) bond motifs is 2. The highest BCUT2D eigenvalue weighted by Crippen LogP contribution is 2.29. The van der Waals surface area contributed by atoms with Gasteiger partial charge in [-0.1, -0.05) is 17.7 Å². The van der Waals surface area contributed by atoms with Crippen molar-refractivity contribution in [3.63, 3.8) is 0 Å². The third-order valence-electron chi connectivity index (χ3n) is 5.13. The highest BCUT2D eigenvalue weighted by Gasteiger charge is 2.32. The molecule has 0 saturated carbocycles. The average Bonchev–Trinajstić information content (AvgIpc) is 3.32. The number of imidazole rings is 1. The summed E-state index contributed by atoms with van der Waals surface area (Å²) < 4.78 is 4.01. The van der Waals surface area contributed by atoms with Gasteiger partial charge in [0.25, 0.3) is 5.91 Å². The van der Waals surface area contributed by atoms with Gasteiger partial charge in [-0.3, -0.25) is 4.79 Å². The van der Waals surface area contributed by atoms with E-state index in [-0.39, 0.29) is 11.9 Å². The van der Waals surface area contributed by atoms with Crippen molar-refractivity contribution in [2.45, 2.75) is 19.5 Å². The second kappa shape index (κ2) is 6.45. The van der Waals surface area contributed by atoms with Crippen LogP contribution in [0.3, 0.4) is 0 Å². The fraction of sp³-hybridized carbons (Fsp3) is 0.200. The molecule has 0 aliphatic carbocycles. The molecule has 1 aliphatic rings. The number of hydrogen-bond acceptors (Lipinski definition) is 4. The lowest BCUT2D eigenvalue weighted by molar-refractivity contribution is 0.0638. The monoisotopic (exact) mass is 392 g/mol. The Balaban J connectivity index is 1.47. The van der Waals surface area contributed by atoms with Crippen molar-refractivity contribution < 1.29 is 4.79 Å². The molecule has 28 heavy (non-hydrogen) atoms. The van der Waals surface area contributed by atoms with Crippen LogP contribution in [0.15, 0.2) is 54.9 Å². The summed E-state index contributed by atoms with van der Waals surface area (Å²) in [5, 5.41) is 9.36. The summed E-state index contributed by atoms with van der Waals surface area (Å²) in [4.78, 5) is 19.4. The molecule has 1 unspecified atom stereocenters. The summed E-state index contributed by atoms with van der Waals surface area (Å²) in [5.41, 5.74) is 2.25. The van der Waals surface area contributed by atoms with Gasteiger partial charge in [-0.05, 0) is 43.3 Å². The first-order valence-electron chi connectivity index (χ1n) is 9.05. The molecule has 1 aromatic carbocycles. The molecule has 8 heteroatoms. The van der Waals surface area contributed by atoms with E-state index >= 15 is 0 Å². The van der Waals surface area contributed by atoms with E-state index in [4.69, 9.17) is 11.6 Å². The molecule has 4 heterocycles. The van der Waals surface area contributed by atoms with E-state index in [1.54, 1.807) is 24.3 Å². The second-order valence-electron chi connectivity index (χ2n) is 6.81. The first-order chi connectivity index (χ1) is 13.6.